The zero-order valence-electron chi connectivity index (χ0n) is 19.2. The van der Waals surface area contributed by atoms with E-state index in [0.717, 1.165) is 12.6 Å². The van der Waals surface area contributed by atoms with Gasteiger partial charge in [0.2, 0.25) is 5.95 Å². The second-order valence-electron chi connectivity index (χ2n) is 8.79. The number of aromatic amines is 1. The molecule has 0 radical (unpaired) electrons. The topological polar surface area (TPSA) is 114 Å². The van der Waals surface area contributed by atoms with Crippen LogP contribution in [-0.2, 0) is 10.9 Å². The van der Waals surface area contributed by atoms with E-state index >= 15 is 0 Å². The van der Waals surface area contributed by atoms with Gasteiger partial charge < -0.3 is 34.7 Å². The van der Waals surface area contributed by atoms with E-state index in [4.69, 9.17) is 14.2 Å². The van der Waals surface area contributed by atoms with E-state index < -0.39 is 11.7 Å². The van der Waals surface area contributed by atoms with Crippen molar-refractivity contribution in [3.63, 3.8) is 0 Å². The number of halogens is 3. The lowest BCUT2D eigenvalue weighted by Gasteiger charge is -2.29. The van der Waals surface area contributed by atoms with Crippen LogP contribution < -0.4 is 20.1 Å². The lowest BCUT2D eigenvalue weighted by molar-refractivity contribution is -0.136. The third kappa shape index (κ3) is 3.74. The van der Waals surface area contributed by atoms with Crippen LogP contribution in [-0.4, -0.2) is 70.8 Å². The summed E-state index contributed by atoms with van der Waals surface area (Å²) < 4.78 is 57.7. The van der Waals surface area contributed by atoms with Crippen LogP contribution in [0.15, 0.2) is 18.3 Å². The van der Waals surface area contributed by atoms with Crippen molar-refractivity contribution in [1.82, 2.24) is 19.9 Å². The number of morpholine rings is 1. The first-order valence-corrected chi connectivity index (χ1v) is 11.7. The molecule has 3 N–H and O–H groups in total. The van der Waals surface area contributed by atoms with Crippen LogP contribution >= 0.6 is 0 Å². The standard InChI is InChI=1S/C23H23F3N6O4/c1-2-27-19-16-14(23(24,25)26)8-28-20(16)31-22(30-19)29-15-4-3-13(17-18(15)35-6-5-34-17)21(33)32-9-12-7-11(32)10-36-12/h3-4,8,11-12H,2,5-7,9-10H2,1H3,(H3,27,28,29,30,31)/t11-,12-/m0/s1. The van der Waals surface area contributed by atoms with Gasteiger partial charge in [0.05, 0.1) is 41.0 Å². The first kappa shape index (κ1) is 22.7. The van der Waals surface area contributed by atoms with E-state index in [0.29, 0.717) is 42.4 Å². The number of aromatic nitrogens is 3. The Labute approximate surface area is 203 Å². The van der Waals surface area contributed by atoms with E-state index in [-0.39, 0.29) is 54.1 Å². The number of fused-ring (bicyclic) bond motifs is 4. The molecule has 2 atom stereocenters. The summed E-state index contributed by atoms with van der Waals surface area (Å²) in [6.07, 6.45) is -2.79. The molecule has 6 rings (SSSR count). The fourth-order valence-corrected chi connectivity index (χ4v) is 4.93. The number of alkyl halides is 3. The van der Waals surface area contributed by atoms with E-state index in [2.05, 4.69) is 25.6 Å². The monoisotopic (exact) mass is 504 g/mol. The average Bonchev–Trinajstić information content (AvgIpc) is 3.60. The molecular formula is C23H23F3N6O4. The normalized spacial score (nSPS) is 20.7. The number of anilines is 3. The van der Waals surface area contributed by atoms with Gasteiger partial charge in [0.25, 0.3) is 5.91 Å². The predicted molar refractivity (Wildman–Crippen MR) is 123 cm³/mol. The number of ether oxygens (including phenoxy) is 3. The maximum absolute atomic E-state index is 13.5. The van der Waals surface area contributed by atoms with Crippen molar-refractivity contribution in [1.29, 1.82) is 0 Å². The molecule has 2 saturated heterocycles. The number of benzene rings is 1. The van der Waals surface area contributed by atoms with Gasteiger partial charge in [0.15, 0.2) is 11.5 Å². The second-order valence-corrected chi connectivity index (χ2v) is 8.79. The number of carbonyl (C=O) groups is 1. The van der Waals surface area contributed by atoms with E-state index in [1.54, 1.807) is 24.0 Å². The van der Waals surface area contributed by atoms with E-state index in [1.165, 1.54) is 0 Å². The molecule has 1 amide bonds. The SMILES string of the molecule is CCNc1nc(Nc2ccc(C(=O)N3C[C@@H]4C[C@H]3CO4)c3c2OCCO3)nc2[nH]cc(C(F)(F)F)c12. The molecule has 0 spiro atoms. The molecule has 3 aromatic rings. The summed E-state index contributed by atoms with van der Waals surface area (Å²) >= 11 is 0. The zero-order valence-corrected chi connectivity index (χ0v) is 19.2. The highest BCUT2D eigenvalue weighted by Crippen LogP contribution is 2.43. The highest BCUT2D eigenvalue weighted by molar-refractivity contribution is 6.00. The number of hydrogen-bond donors (Lipinski definition) is 3. The van der Waals surface area contributed by atoms with Crippen LogP contribution in [0.3, 0.4) is 0 Å². The summed E-state index contributed by atoms with van der Waals surface area (Å²) in [7, 11) is 0. The Hall–Kier alpha value is -3.74. The quantitative estimate of drug-likeness (QED) is 0.484. The molecule has 5 heterocycles. The first-order valence-electron chi connectivity index (χ1n) is 11.7. The van der Waals surface area contributed by atoms with Gasteiger partial charge in [-0.3, -0.25) is 4.79 Å². The number of amides is 1. The molecule has 2 aromatic heterocycles. The Morgan fingerprint density at radius 3 is 2.72 bits per heavy atom. The molecule has 0 unspecified atom stereocenters. The molecule has 190 valence electrons. The van der Waals surface area contributed by atoms with E-state index in [1.807, 2.05) is 0 Å². The average molecular weight is 504 g/mol. The van der Waals surface area contributed by atoms with Crippen molar-refractivity contribution in [2.45, 2.75) is 31.7 Å². The molecule has 36 heavy (non-hydrogen) atoms. The third-order valence-corrected chi connectivity index (χ3v) is 6.51. The molecule has 2 bridgehead atoms. The minimum Gasteiger partial charge on any atom is -0.485 e. The zero-order chi connectivity index (χ0) is 25.0. The molecule has 3 aliphatic heterocycles. The first-order chi connectivity index (χ1) is 17.3. The summed E-state index contributed by atoms with van der Waals surface area (Å²) in [5.74, 6) is 0.578. The van der Waals surface area contributed by atoms with Crippen LogP contribution in [0.2, 0.25) is 0 Å². The number of nitrogens with one attached hydrogen (secondary N) is 3. The Morgan fingerprint density at radius 2 is 2.03 bits per heavy atom. The Balaban J connectivity index is 1.36. The number of rotatable bonds is 5. The highest BCUT2D eigenvalue weighted by Gasteiger charge is 2.43. The Morgan fingerprint density at radius 1 is 1.22 bits per heavy atom. The van der Waals surface area contributed by atoms with Crippen LogP contribution in [0.5, 0.6) is 11.5 Å². The number of hydrogen-bond acceptors (Lipinski definition) is 8. The van der Waals surface area contributed by atoms with Crippen LogP contribution in [0.25, 0.3) is 11.0 Å². The Bertz CT molecular complexity index is 1340. The van der Waals surface area contributed by atoms with E-state index in [9.17, 15) is 18.0 Å². The number of nitrogens with zero attached hydrogens (tertiary/aromatic N) is 3. The van der Waals surface area contributed by atoms with Gasteiger partial charge in [-0.2, -0.15) is 23.1 Å². The third-order valence-electron chi connectivity index (χ3n) is 6.51. The number of likely N-dealkylation sites (tertiary alicyclic amines) is 1. The maximum atomic E-state index is 13.5. The maximum Gasteiger partial charge on any atom is 0.418 e. The second kappa shape index (κ2) is 8.43. The van der Waals surface area contributed by atoms with Gasteiger partial charge in [-0.1, -0.05) is 0 Å². The minimum absolute atomic E-state index is 0.0277. The lowest BCUT2D eigenvalue weighted by Crippen LogP contribution is -2.41. The van der Waals surface area contributed by atoms with Gasteiger partial charge in [-0.05, 0) is 25.5 Å². The van der Waals surface area contributed by atoms with Gasteiger partial charge in [-0.25, -0.2) is 0 Å². The number of H-pyrrole nitrogens is 1. The van der Waals surface area contributed by atoms with Crippen molar-refractivity contribution >= 4 is 34.4 Å². The minimum atomic E-state index is -4.56. The van der Waals surface area contributed by atoms with Gasteiger partial charge >= 0.3 is 6.18 Å². The van der Waals surface area contributed by atoms with Crippen LogP contribution in [0.4, 0.5) is 30.6 Å². The lowest BCUT2D eigenvalue weighted by atomic mass is 10.1. The summed E-state index contributed by atoms with van der Waals surface area (Å²) in [5, 5.41) is 5.76. The largest absolute Gasteiger partial charge is 0.485 e. The fraction of sp³-hybridized carbons (Fsp3) is 0.435. The van der Waals surface area contributed by atoms with Crippen molar-refractivity contribution < 1.29 is 32.2 Å². The van der Waals surface area contributed by atoms with Gasteiger partial charge in [-0.15, -0.1) is 0 Å². The smallest absolute Gasteiger partial charge is 0.418 e. The molecule has 13 heteroatoms. The Kier molecular flexibility index (Phi) is 5.32. The van der Waals surface area contributed by atoms with Crippen LogP contribution in [0.1, 0.15) is 29.3 Å². The predicted octanol–water partition coefficient (Wildman–Crippen LogP) is 3.54. The fourth-order valence-electron chi connectivity index (χ4n) is 4.93. The molecule has 2 fully saturated rings. The highest BCUT2D eigenvalue weighted by atomic mass is 19.4. The molecule has 0 aliphatic carbocycles. The van der Waals surface area contributed by atoms with Crippen LogP contribution in [0, 0.1) is 0 Å². The van der Waals surface area contributed by atoms with Crippen molar-refractivity contribution in [2.24, 2.45) is 0 Å². The summed E-state index contributed by atoms with van der Waals surface area (Å²) in [6.45, 7) is 3.74. The van der Waals surface area contributed by atoms with Crippen molar-refractivity contribution in [3.8, 4) is 11.5 Å². The molecular weight excluding hydrogens is 481 g/mol. The summed E-state index contributed by atoms with van der Waals surface area (Å²) in [4.78, 5) is 26.2. The molecule has 3 aliphatic rings. The summed E-state index contributed by atoms with van der Waals surface area (Å²) in [6, 6.07) is 3.35. The van der Waals surface area contributed by atoms with Crippen molar-refractivity contribution in [2.75, 3.05) is 43.5 Å². The van der Waals surface area contributed by atoms with Gasteiger partial charge in [0.1, 0.15) is 24.7 Å². The summed E-state index contributed by atoms with van der Waals surface area (Å²) in [5.41, 5.74) is -0.0125. The number of carbonyl (C=O) groups excluding carboxylic acids is 1. The molecule has 1 aromatic carbocycles. The molecule has 0 saturated carbocycles. The molecule has 10 nitrogen and oxygen atoms in total. The van der Waals surface area contributed by atoms with Crippen molar-refractivity contribution in [3.05, 3.63) is 29.5 Å². The van der Waals surface area contributed by atoms with Gasteiger partial charge in [0, 0.05) is 19.3 Å².